The van der Waals surface area contributed by atoms with Crippen LogP contribution >= 0.6 is 11.3 Å². The van der Waals surface area contributed by atoms with Gasteiger partial charge in [0.15, 0.2) is 17.5 Å². The summed E-state index contributed by atoms with van der Waals surface area (Å²) in [7, 11) is 0. The van der Waals surface area contributed by atoms with E-state index in [9.17, 15) is 0 Å². The third kappa shape index (κ3) is 5.95. The van der Waals surface area contributed by atoms with Gasteiger partial charge in [0.25, 0.3) is 0 Å². The highest BCUT2D eigenvalue weighted by Gasteiger charge is 2.20. The fraction of sp³-hybridized carbons (Fsp3) is 0. The maximum absolute atomic E-state index is 5.33. The molecule has 0 unspecified atom stereocenters. The quantitative estimate of drug-likeness (QED) is 0.162. The third-order valence-corrected chi connectivity index (χ3v) is 12.0. The molecule has 272 valence electrons. The topological polar surface area (TPSA) is 56.5 Å². The molecular weight excluding hydrogens is 727 g/mol. The Morgan fingerprint density at radius 2 is 0.862 bits per heavy atom. The third-order valence-electron chi connectivity index (χ3n) is 10.7. The van der Waals surface area contributed by atoms with Gasteiger partial charge < -0.3 is 0 Å². The highest BCUT2D eigenvalue weighted by molar-refractivity contribution is 7.26. The first kappa shape index (κ1) is 33.8. The molecule has 58 heavy (non-hydrogen) atoms. The number of rotatable bonds is 7. The Morgan fingerprint density at radius 3 is 1.52 bits per heavy atom. The minimum Gasteiger partial charge on any atom is -0.292 e. The van der Waals surface area contributed by atoms with E-state index >= 15 is 0 Å². The number of para-hydroxylation sites is 1. The normalized spacial score (nSPS) is 11.4. The van der Waals surface area contributed by atoms with Crippen molar-refractivity contribution in [1.82, 2.24) is 24.5 Å². The second-order valence-corrected chi connectivity index (χ2v) is 15.3. The van der Waals surface area contributed by atoms with Crippen molar-refractivity contribution >= 4 is 42.5 Å². The number of imidazole rings is 1. The van der Waals surface area contributed by atoms with Crippen LogP contribution in [-0.4, -0.2) is 24.5 Å². The summed E-state index contributed by atoms with van der Waals surface area (Å²) in [6, 6.07) is 69.7. The summed E-state index contributed by atoms with van der Waals surface area (Å²) in [6.45, 7) is 0. The van der Waals surface area contributed by atoms with Crippen molar-refractivity contribution in [1.29, 1.82) is 0 Å². The minimum atomic E-state index is 0.651. The second-order valence-electron chi connectivity index (χ2n) is 14.3. The lowest BCUT2D eigenvalue weighted by molar-refractivity contribution is 1.08. The minimum absolute atomic E-state index is 0.651. The zero-order chi connectivity index (χ0) is 38.4. The fourth-order valence-corrected chi connectivity index (χ4v) is 9.25. The molecule has 3 heterocycles. The van der Waals surface area contributed by atoms with Crippen LogP contribution in [0.1, 0.15) is 0 Å². The summed E-state index contributed by atoms with van der Waals surface area (Å²) in [4.78, 5) is 20.5. The molecule has 0 aliphatic carbocycles. The summed E-state index contributed by atoms with van der Waals surface area (Å²) in [6.07, 6.45) is 0. The number of aromatic nitrogens is 5. The van der Waals surface area contributed by atoms with E-state index in [0.29, 0.717) is 17.5 Å². The summed E-state index contributed by atoms with van der Waals surface area (Å²) in [5, 5.41) is 2.38. The number of hydrogen-bond donors (Lipinski definition) is 0. The number of hydrogen-bond acceptors (Lipinski definition) is 5. The van der Waals surface area contributed by atoms with Gasteiger partial charge in [0.1, 0.15) is 5.82 Å². The van der Waals surface area contributed by atoms with Crippen LogP contribution < -0.4 is 0 Å². The highest BCUT2D eigenvalue weighted by Crippen LogP contribution is 2.44. The SMILES string of the molecule is c1ccc(-c2ccc3c(c2)nc(-c2cccc(-c4cccc5c4sc4c(-c6nc(-c7ccccc7)nc(-c7ccccc7)n6)cccc45)c2)n3-c2ccccc2)cc1. The van der Waals surface area contributed by atoms with Gasteiger partial charge in [-0.1, -0.05) is 164 Å². The van der Waals surface area contributed by atoms with Crippen molar-refractivity contribution < 1.29 is 0 Å². The Balaban J connectivity index is 1.06. The van der Waals surface area contributed by atoms with E-state index in [4.69, 9.17) is 19.9 Å². The predicted molar refractivity (Wildman–Crippen MR) is 240 cm³/mol. The van der Waals surface area contributed by atoms with E-state index in [1.807, 2.05) is 66.7 Å². The maximum Gasteiger partial charge on any atom is 0.165 e. The van der Waals surface area contributed by atoms with E-state index in [1.165, 1.54) is 26.6 Å². The van der Waals surface area contributed by atoms with Crippen molar-refractivity contribution in [2.45, 2.75) is 0 Å². The molecule has 0 fully saturated rings. The molecule has 0 N–H and O–H groups in total. The molecule has 5 nitrogen and oxygen atoms in total. The molecule has 0 saturated carbocycles. The first-order chi connectivity index (χ1) is 28.7. The Bertz CT molecular complexity index is 3210. The molecule has 0 radical (unpaired) electrons. The van der Waals surface area contributed by atoms with Gasteiger partial charge in [0.2, 0.25) is 0 Å². The standard InChI is InChI=1S/C52H33N5S/c1-5-16-34(17-6-1)37-30-31-46-45(33-37)53-52(57(46)40-24-11-4-12-25-40)39-23-13-22-38(32-39)41-26-14-27-42-43-28-15-29-44(48(43)58-47(41)42)51-55-49(35-18-7-2-8-19-35)54-50(56-51)36-20-9-3-10-21-36/h1-33H. The lowest BCUT2D eigenvalue weighted by atomic mass is 10.00. The summed E-state index contributed by atoms with van der Waals surface area (Å²) in [5.41, 5.74) is 11.6. The summed E-state index contributed by atoms with van der Waals surface area (Å²) >= 11 is 1.79. The van der Waals surface area contributed by atoms with E-state index < -0.39 is 0 Å². The van der Waals surface area contributed by atoms with Crippen LogP contribution in [0.2, 0.25) is 0 Å². The van der Waals surface area contributed by atoms with Gasteiger partial charge in [0.05, 0.1) is 11.0 Å². The zero-order valence-corrected chi connectivity index (χ0v) is 32.0. The van der Waals surface area contributed by atoms with Crippen LogP contribution in [0, 0.1) is 0 Å². The molecule has 0 aliphatic heterocycles. The first-order valence-electron chi connectivity index (χ1n) is 19.3. The van der Waals surface area contributed by atoms with Gasteiger partial charge >= 0.3 is 0 Å². The number of nitrogens with zero attached hydrogens (tertiary/aromatic N) is 5. The van der Waals surface area contributed by atoms with Crippen molar-refractivity contribution in [3.63, 3.8) is 0 Å². The van der Waals surface area contributed by atoms with E-state index in [0.717, 1.165) is 60.6 Å². The molecule has 0 saturated heterocycles. The molecule has 0 bridgehead atoms. The Hall–Kier alpha value is -7.54. The largest absolute Gasteiger partial charge is 0.292 e. The van der Waals surface area contributed by atoms with Crippen LogP contribution in [0.5, 0.6) is 0 Å². The monoisotopic (exact) mass is 759 g/mol. The number of benzene rings is 8. The van der Waals surface area contributed by atoms with Crippen LogP contribution in [-0.2, 0) is 0 Å². The Morgan fingerprint density at radius 1 is 0.345 bits per heavy atom. The van der Waals surface area contributed by atoms with Crippen molar-refractivity contribution in [2.75, 3.05) is 0 Å². The molecule has 8 aromatic carbocycles. The summed E-state index contributed by atoms with van der Waals surface area (Å²) < 4.78 is 4.63. The molecule has 0 amide bonds. The van der Waals surface area contributed by atoms with Crippen molar-refractivity contribution in [3.05, 3.63) is 200 Å². The highest BCUT2D eigenvalue weighted by atomic mass is 32.1. The maximum atomic E-state index is 5.33. The molecule has 0 aliphatic rings. The van der Waals surface area contributed by atoms with Gasteiger partial charge in [-0.3, -0.25) is 4.57 Å². The van der Waals surface area contributed by atoms with Crippen LogP contribution in [0.3, 0.4) is 0 Å². The van der Waals surface area contributed by atoms with Gasteiger partial charge in [0, 0.05) is 48.1 Å². The molecule has 6 heteroatoms. The van der Waals surface area contributed by atoms with Crippen LogP contribution in [0.4, 0.5) is 0 Å². The molecule has 0 spiro atoms. The van der Waals surface area contributed by atoms with Gasteiger partial charge in [-0.25, -0.2) is 19.9 Å². The number of thiophene rings is 1. The summed E-state index contributed by atoms with van der Waals surface area (Å²) in [5.74, 6) is 2.86. The lowest BCUT2D eigenvalue weighted by Crippen LogP contribution is -2.00. The predicted octanol–water partition coefficient (Wildman–Crippen LogP) is 13.6. The second kappa shape index (κ2) is 14.2. The number of fused-ring (bicyclic) bond motifs is 4. The smallest absolute Gasteiger partial charge is 0.165 e. The zero-order valence-electron chi connectivity index (χ0n) is 31.2. The van der Waals surface area contributed by atoms with Gasteiger partial charge in [-0.15, -0.1) is 11.3 Å². The molecule has 3 aromatic heterocycles. The molecule has 11 rings (SSSR count). The van der Waals surface area contributed by atoms with E-state index in [1.54, 1.807) is 11.3 Å². The fourth-order valence-electron chi connectivity index (χ4n) is 7.90. The van der Waals surface area contributed by atoms with Crippen molar-refractivity contribution in [3.8, 4) is 73.5 Å². The van der Waals surface area contributed by atoms with E-state index in [-0.39, 0.29) is 0 Å². The molecule has 0 atom stereocenters. The Labute approximate surface area is 339 Å². The van der Waals surface area contributed by atoms with Crippen LogP contribution in [0.15, 0.2) is 200 Å². The van der Waals surface area contributed by atoms with E-state index in [2.05, 4.69) is 138 Å². The average molecular weight is 760 g/mol. The lowest BCUT2D eigenvalue weighted by Gasteiger charge is -2.11. The first-order valence-corrected chi connectivity index (χ1v) is 20.1. The van der Waals surface area contributed by atoms with Crippen molar-refractivity contribution in [2.24, 2.45) is 0 Å². The van der Waals surface area contributed by atoms with Crippen LogP contribution in [0.25, 0.3) is 105 Å². The van der Waals surface area contributed by atoms with Gasteiger partial charge in [-0.2, -0.15) is 0 Å². The Kier molecular flexibility index (Phi) is 8.26. The van der Waals surface area contributed by atoms with Gasteiger partial charge in [-0.05, 0) is 58.7 Å². The molecule has 11 aromatic rings. The molecular formula is C52H33N5S. The average Bonchev–Trinajstić information content (AvgIpc) is 3.89.